The summed E-state index contributed by atoms with van der Waals surface area (Å²) < 4.78 is -0.336. The number of urea groups is 1. The van der Waals surface area contributed by atoms with Crippen LogP contribution in [-0.4, -0.2) is 24.8 Å². The number of hydrogen-bond acceptors (Lipinski definition) is 4. The molecule has 0 saturated carbocycles. The molecule has 3 amide bonds. The Morgan fingerprint density at radius 3 is 2.50 bits per heavy atom. The molecule has 12 heteroatoms. The summed E-state index contributed by atoms with van der Waals surface area (Å²) in [6, 6.07) is 3.93. The number of oxime groups is 1. The van der Waals surface area contributed by atoms with E-state index in [1.54, 1.807) is 12.1 Å². The summed E-state index contributed by atoms with van der Waals surface area (Å²) in [6.45, 7) is -0.457. The van der Waals surface area contributed by atoms with Gasteiger partial charge in [-0.05, 0) is 12.1 Å². The van der Waals surface area contributed by atoms with Gasteiger partial charge in [0.1, 0.15) is 9.65 Å². The monoisotopic (exact) mass is 432 g/mol. The number of halogens is 5. The van der Waals surface area contributed by atoms with Crippen LogP contribution in [0, 0.1) is 0 Å². The lowest BCUT2D eigenvalue weighted by molar-refractivity contribution is -0.126. The highest BCUT2D eigenvalue weighted by atomic mass is 35.5. The molecule has 1 aromatic rings. The van der Waals surface area contributed by atoms with Gasteiger partial charge in [0, 0.05) is 10.6 Å². The summed E-state index contributed by atoms with van der Waals surface area (Å²) in [7, 11) is 0. The Labute approximate surface area is 161 Å². The largest absolute Gasteiger partial charge is 0.386 e. The highest BCUT2D eigenvalue weighted by Gasteiger charge is 2.07. The van der Waals surface area contributed by atoms with Crippen LogP contribution >= 0.6 is 58.0 Å². The Morgan fingerprint density at radius 2 is 1.88 bits per heavy atom. The van der Waals surface area contributed by atoms with Crippen molar-refractivity contribution in [3.63, 3.8) is 0 Å². The predicted octanol–water partition coefficient (Wildman–Crippen LogP) is 3.52. The van der Waals surface area contributed by atoms with Crippen LogP contribution in [0.4, 0.5) is 4.79 Å². The van der Waals surface area contributed by atoms with Gasteiger partial charge in [-0.2, -0.15) is 0 Å². The molecule has 0 fully saturated rings. The van der Waals surface area contributed by atoms with Crippen LogP contribution < -0.4 is 16.2 Å². The number of hydrazine groups is 1. The average molecular weight is 434 g/mol. The van der Waals surface area contributed by atoms with E-state index in [4.69, 9.17) is 62.8 Å². The number of rotatable bonds is 5. The van der Waals surface area contributed by atoms with Crippen LogP contribution in [0.2, 0.25) is 10.0 Å². The second-order valence-corrected chi connectivity index (χ2v) is 6.05. The number of nitrogens with zero attached hydrogens (tertiary/aromatic N) is 1. The van der Waals surface area contributed by atoms with Gasteiger partial charge in [-0.25, -0.2) is 10.2 Å². The predicted molar refractivity (Wildman–Crippen MR) is 94.4 cm³/mol. The normalized spacial score (nSPS) is 10.2. The summed E-state index contributed by atoms with van der Waals surface area (Å²) in [5.74, 6) is -0.679. The van der Waals surface area contributed by atoms with Crippen LogP contribution in [-0.2, 0) is 9.63 Å². The zero-order chi connectivity index (χ0) is 18.1. The highest BCUT2D eigenvalue weighted by molar-refractivity contribution is 6.59. The molecule has 7 nitrogen and oxygen atoms in total. The lowest BCUT2D eigenvalue weighted by Crippen LogP contribution is -2.47. The lowest BCUT2D eigenvalue weighted by Gasteiger charge is -2.07. The van der Waals surface area contributed by atoms with E-state index < -0.39 is 18.5 Å². The van der Waals surface area contributed by atoms with Crippen LogP contribution in [0.15, 0.2) is 33.0 Å². The smallest absolute Gasteiger partial charge is 0.338 e. The zero-order valence-corrected chi connectivity index (χ0v) is 15.4. The molecule has 0 heterocycles. The van der Waals surface area contributed by atoms with E-state index >= 15 is 0 Å². The molecule has 1 aromatic carbocycles. The van der Waals surface area contributed by atoms with Gasteiger partial charge in [0.25, 0.3) is 5.91 Å². The molecule has 3 N–H and O–H groups in total. The topological polar surface area (TPSA) is 91.8 Å². The molecular formula is C12H9Cl5N4O3. The van der Waals surface area contributed by atoms with Crippen LogP contribution in [0.25, 0.3) is 0 Å². The van der Waals surface area contributed by atoms with Crippen molar-refractivity contribution in [1.82, 2.24) is 16.2 Å². The van der Waals surface area contributed by atoms with Gasteiger partial charge in [0.2, 0.25) is 0 Å². The van der Waals surface area contributed by atoms with Gasteiger partial charge in [-0.1, -0.05) is 69.2 Å². The first kappa shape index (κ1) is 20.7. The molecular weight excluding hydrogens is 425 g/mol. The Balaban J connectivity index is 2.32. The van der Waals surface area contributed by atoms with Gasteiger partial charge in [-0.15, -0.1) is 0 Å². The van der Waals surface area contributed by atoms with Gasteiger partial charge >= 0.3 is 6.03 Å². The molecule has 0 bridgehead atoms. The summed E-state index contributed by atoms with van der Waals surface area (Å²) >= 11 is 27.8. The number of nitrogens with one attached hydrogen (secondary N) is 3. The SMILES string of the molecule is O=C(CO/N=C/c1ccc(Cl)cc1Cl)NNC(=O)NC(Cl)=C(Cl)Cl. The van der Waals surface area contributed by atoms with Crippen molar-refractivity contribution in [3.8, 4) is 0 Å². The van der Waals surface area contributed by atoms with E-state index in [2.05, 4.69) is 10.5 Å². The van der Waals surface area contributed by atoms with Crippen molar-refractivity contribution >= 4 is 76.2 Å². The molecule has 0 aliphatic heterocycles. The van der Waals surface area contributed by atoms with Crippen molar-refractivity contribution < 1.29 is 14.4 Å². The maximum atomic E-state index is 11.4. The molecule has 0 atom stereocenters. The number of carbonyl (C=O) groups is 2. The van der Waals surface area contributed by atoms with Gasteiger partial charge in [-0.3, -0.25) is 15.5 Å². The maximum absolute atomic E-state index is 11.4. The molecule has 24 heavy (non-hydrogen) atoms. The fourth-order valence-electron chi connectivity index (χ4n) is 1.14. The van der Waals surface area contributed by atoms with E-state index in [1.807, 2.05) is 10.9 Å². The third-order valence-electron chi connectivity index (χ3n) is 2.13. The fraction of sp³-hybridized carbons (Fsp3) is 0.0833. The number of amides is 3. The molecule has 0 radical (unpaired) electrons. The molecule has 0 aromatic heterocycles. The third-order valence-corrected chi connectivity index (χ3v) is 3.55. The zero-order valence-electron chi connectivity index (χ0n) is 11.6. The van der Waals surface area contributed by atoms with Crippen molar-refractivity contribution in [2.75, 3.05) is 6.61 Å². The molecule has 130 valence electrons. The van der Waals surface area contributed by atoms with E-state index in [-0.39, 0.29) is 9.65 Å². The summed E-state index contributed by atoms with van der Waals surface area (Å²) in [6.07, 6.45) is 1.30. The molecule has 0 saturated heterocycles. The van der Waals surface area contributed by atoms with Crippen LogP contribution in [0.5, 0.6) is 0 Å². The number of carbonyl (C=O) groups excluding carboxylic acids is 2. The minimum atomic E-state index is -0.858. The minimum absolute atomic E-state index is 0.300. The second kappa shape index (κ2) is 10.5. The first-order valence-corrected chi connectivity index (χ1v) is 7.85. The van der Waals surface area contributed by atoms with Crippen molar-refractivity contribution in [1.29, 1.82) is 0 Å². The minimum Gasteiger partial charge on any atom is -0.386 e. The Kier molecular flexibility index (Phi) is 9.02. The molecule has 0 aliphatic carbocycles. The molecule has 0 unspecified atom stereocenters. The van der Waals surface area contributed by atoms with Crippen molar-refractivity contribution in [2.45, 2.75) is 0 Å². The lowest BCUT2D eigenvalue weighted by atomic mass is 10.2. The van der Waals surface area contributed by atoms with Crippen molar-refractivity contribution in [2.24, 2.45) is 5.16 Å². The van der Waals surface area contributed by atoms with E-state index in [0.717, 1.165) is 0 Å². The standard InChI is InChI=1S/C12H9Cl5N4O3/c13-7-2-1-6(8(14)3-7)4-18-24-5-9(22)20-21-12(23)19-11(17)10(15)16/h1-4H,5H2,(H,20,22)(H2,19,21,23)/b18-4+. The van der Waals surface area contributed by atoms with E-state index in [1.165, 1.54) is 12.3 Å². The first-order chi connectivity index (χ1) is 11.3. The highest BCUT2D eigenvalue weighted by Crippen LogP contribution is 2.19. The van der Waals surface area contributed by atoms with Gasteiger partial charge in [0.05, 0.1) is 11.2 Å². The van der Waals surface area contributed by atoms with Crippen LogP contribution in [0.3, 0.4) is 0 Å². The third kappa shape index (κ3) is 7.94. The summed E-state index contributed by atoms with van der Waals surface area (Å²) in [4.78, 5) is 27.4. The van der Waals surface area contributed by atoms with Crippen LogP contribution in [0.1, 0.15) is 5.56 Å². The molecule has 0 spiro atoms. The summed E-state index contributed by atoms with van der Waals surface area (Å²) in [5, 5.41) is 6.17. The quantitative estimate of drug-likeness (QED) is 0.376. The Bertz CT molecular complexity index is 677. The summed E-state index contributed by atoms with van der Waals surface area (Å²) in [5.41, 5.74) is 4.58. The average Bonchev–Trinajstić information content (AvgIpc) is 2.51. The maximum Gasteiger partial charge on any atom is 0.338 e. The van der Waals surface area contributed by atoms with Gasteiger partial charge < -0.3 is 4.84 Å². The van der Waals surface area contributed by atoms with Gasteiger partial charge in [0.15, 0.2) is 6.61 Å². The van der Waals surface area contributed by atoms with E-state index in [9.17, 15) is 9.59 Å². The van der Waals surface area contributed by atoms with E-state index in [0.29, 0.717) is 15.6 Å². The molecule has 0 aliphatic rings. The second-order valence-electron chi connectivity index (χ2n) is 3.88. The Hall–Kier alpha value is -1.38. The number of benzene rings is 1. The molecule has 1 rings (SSSR count). The first-order valence-electron chi connectivity index (χ1n) is 5.96. The fourth-order valence-corrected chi connectivity index (χ4v) is 1.77. The van der Waals surface area contributed by atoms with Crippen molar-refractivity contribution in [3.05, 3.63) is 43.5 Å². The number of hydrogen-bond donors (Lipinski definition) is 3. The Morgan fingerprint density at radius 1 is 1.17 bits per heavy atom.